The maximum Gasteiger partial charge on any atom is 0.335 e. The van der Waals surface area contributed by atoms with Crippen molar-refractivity contribution in [3.8, 4) is 11.3 Å². The van der Waals surface area contributed by atoms with Crippen LogP contribution < -0.4 is 0 Å². The number of aromatic carboxylic acids is 1. The Bertz CT molecular complexity index is 573. The molecule has 1 aromatic heterocycles. The van der Waals surface area contributed by atoms with Crippen molar-refractivity contribution in [3.05, 3.63) is 33.9 Å². The first kappa shape index (κ1) is 11.8. The molecule has 0 aliphatic carbocycles. The first-order valence-corrected chi connectivity index (χ1v) is 5.69. The quantitative estimate of drug-likeness (QED) is 0.923. The van der Waals surface area contributed by atoms with E-state index in [0.717, 1.165) is 16.8 Å². The minimum atomic E-state index is -0.947. The molecule has 0 aliphatic heterocycles. The lowest BCUT2D eigenvalue weighted by atomic mass is 10.0. The van der Waals surface area contributed by atoms with E-state index >= 15 is 0 Å². The number of hydrogen-bond acceptors (Lipinski definition) is 3. The molecule has 6 heteroatoms. The predicted octanol–water partition coefficient (Wildman–Crippen LogP) is 2.25. The molecule has 2 aromatic rings. The second kappa shape index (κ2) is 4.29. The average molecular weight is 296 g/mol. The number of aromatic nitrogens is 3. The largest absolute Gasteiger partial charge is 0.478 e. The maximum absolute atomic E-state index is 11.0. The first-order valence-electron chi connectivity index (χ1n) is 4.90. The van der Waals surface area contributed by atoms with Crippen molar-refractivity contribution in [1.82, 2.24) is 15.0 Å². The third-order valence-electron chi connectivity index (χ3n) is 2.53. The predicted molar refractivity (Wildman–Crippen MR) is 65.8 cm³/mol. The lowest BCUT2D eigenvalue weighted by molar-refractivity contribution is 0.0697. The highest BCUT2D eigenvalue weighted by atomic mass is 79.9. The fourth-order valence-electron chi connectivity index (χ4n) is 1.63. The average Bonchev–Trinajstić information content (AvgIpc) is 2.59. The normalized spacial score (nSPS) is 10.5. The van der Waals surface area contributed by atoms with E-state index in [0.29, 0.717) is 4.60 Å². The fourth-order valence-corrected chi connectivity index (χ4v) is 2.17. The molecule has 5 nitrogen and oxygen atoms in total. The molecule has 0 fully saturated rings. The van der Waals surface area contributed by atoms with E-state index in [1.807, 2.05) is 6.92 Å². The summed E-state index contributed by atoms with van der Waals surface area (Å²) in [6.45, 7) is 1.92. The smallest absolute Gasteiger partial charge is 0.335 e. The van der Waals surface area contributed by atoms with Gasteiger partial charge in [-0.05, 0) is 40.5 Å². The van der Waals surface area contributed by atoms with Crippen LogP contribution in [0, 0.1) is 6.92 Å². The Balaban J connectivity index is 2.66. The van der Waals surface area contributed by atoms with Crippen LogP contribution in [0.15, 0.2) is 22.8 Å². The number of benzene rings is 1. The fraction of sp³-hybridized carbons (Fsp3) is 0.182. The van der Waals surface area contributed by atoms with E-state index < -0.39 is 5.97 Å². The summed E-state index contributed by atoms with van der Waals surface area (Å²) in [4.78, 5) is 11.0. The van der Waals surface area contributed by atoms with Gasteiger partial charge in [-0.25, -0.2) is 9.48 Å². The van der Waals surface area contributed by atoms with Gasteiger partial charge in [0.05, 0.1) is 5.56 Å². The standard InChI is InChI=1S/C11H10BrN3O2/c1-6-3-4-7(11(16)17)5-8(6)9-10(12)13-14-15(9)2/h3-5H,1-2H3,(H,16,17). The van der Waals surface area contributed by atoms with Crippen LogP contribution in [-0.2, 0) is 7.05 Å². The summed E-state index contributed by atoms with van der Waals surface area (Å²) in [7, 11) is 1.76. The van der Waals surface area contributed by atoms with Crippen molar-refractivity contribution in [1.29, 1.82) is 0 Å². The second-order valence-electron chi connectivity index (χ2n) is 3.69. The molecule has 2 rings (SSSR count). The van der Waals surface area contributed by atoms with Crippen molar-refractivity contribution in [2.75, 3.05) is 0 Å². The van der Waals surface area contributed by atoms with Crippen LogP contribution in [0.3, 0.4) is 0 Å². The minimum absolute atomic E-state index is 0.249. The number of carboxylic acids is 1. The molecule has 1 N–H and O–H groups in total. The number of rotatable bonds is 2. The van der Waals surface area contributed by atoms with Crippen molar-refractivity contribution >= 4 is 21.9 Å². The van der Waals surface area contributed by atoms with Gasteiger partial charge < -0.3 is 5.11 Å². The first-order chi connectivity index (χ1) is 8.00. The zero-order valence-corrected chi connectivity index (χ0v) is 10.9. The van der Waals surface area contributed by atoms with E-state index in [2.05, 4.69) is 26.2 Å². The van der Waals surface area contributed by atoms with Crippen molar-refractivity contribution in [2.45, 2.75) is 6.92 Å². The van der Waals surface area contributed by atoms with Crippen LogP contribution in [0.5, 0.6) is 0 Å². The minimum Gasteiger partial charge on any atom is -0.478 e. The Hall–Kier alpha value is -1.69. The van der Waals surface area contributed by atoms with Gasteiger partial charge in [-0.2, -0.15) is 0 Å². The molecule has 0 radical (unpaired) electrons. The third kappa shape index (κ3) is 2.08. The van der Waals surface area contributed by atoms with E-state index in [-0.39, 0.29) is 5.56 Å². The number of halogens is 1. The molecular formula is C11H10BrN3O2. The molecule has 0 spiro atoms. The number of hydrogen-bond donors (Lipinski definition) is 1. The molecule has 0 unspecified atom stereocenters. The van der Waals surface area contributed by atoms with Gasteiger partial charge in [-0.1, -0.05) is 11.3 Å². The molecule has 1 aromatic carbocycles. The summed E-state index contributed by atoms with van der Waals surface area (Å²) >= 11 is 3.31. The van der Waals surface area contributed by atoms with E-state index in [4.69, 9.17) is 5.11 Å². The molecular weight excluding hydrogens is 286 g/mol. The van der Waals surface area contributed by atoms with Crippen molar-refractivity contribution in [2.24, 2.45) is 7.05 Å². The molecule has 0 atom stereocenters. The van der Waals surface area contributed by atoms with Crippen LogP contribution in [-0.4, -0.2) is 26.1 Å². The molecule has 0 bridgehead atoms. The summed E-state index contributed by atoms with van der Waals surface area (Å²) in [5.41, 5.74) is 2.80. The third-order valence-corrected chi connectivity index (χ3v) is 3.06. The van der Waals surface area contributed by atoms with Crippen LogP contribution in [0.25, 0.3) is 11.3 Å². The Morgan fingerprint density at radius 1 is 1.47 bits per heavy atom. The topological polar surface area (TPSA) is 68.0 Å². The SMILES string of the molecule is Cc1ccc(C(=O)O)cc1-c1c(Br)nnn1C. The number of carbonyl (C=O) groups is 1. The van der Waals surface area contributed by atoms with Gasteiger partial charge in [0, 0.05) is 12.6 Å². The number of aryl methyl sites for hydroxylation is 2. The lowest BCUT2D eigenvalue weighted by Crippen LogP contribution is -2.00. The summed E-state index contributed by atoms with van der Waals surface area (Å²) in [5, 5.41) is 16.8. The Kier molecular flexibility index (Phi) is 2.97. The maximum atomic E-state index is 11.0. The highest BCUT2D eigenvalue weighted by Crippen LogP contribution is 2.29. The Morgan fingerprint density at radius 2 is 2.18 bits per heavy atom. The van der Waals surface area contributed by atoms with Crippen molar-refractivity contribution in [3.63, 3.8) is 0 Å². The van der Waals surface area contributed by atoms with E-state index in [9.17, 15) is 4.79 Å². The van der Waals surface area contributed by atoms with Gasteiger partial charge in [0.25, 0.3) is 0 Å². The lowest BCUT2D eigenvalue weighted by Gasteiger charge is -2.07. The Labute approximate surface area is 106 Å². The van der Waals surface area contributed by atoms with Crippen LogP contribution in [0.1, 0.15) is 15.9 Å². The van der Waals surface area contributed by atoms with Gasteiger partial charge in [-0.15, -0.1) is 5.10 Å². The molecule has 0 aliphatic rings. The van der Waals surface area contributed by atoms with E-state index in [1.165, 1.54) is 0 Å². The van der Waals surface area contributed by atoms with E-state index in [1.54, 1.807) is 29.9 Å². The zero-order chi connectivity index (χ0) is 12.6. The highest BCUT2D eigenvalue weighted by Gasteiger charge is 2.15. The zero-order valence-electron chi connectivity index (χ0n) is 9.31. The van der Waals surface area contributed by atoms with Gasteiger partial charge >= 0.3 is 5.97 Å². The number of carboxylic acid groups (broad SMARTS) is 1. The second-order valence-corrected chi connectivity index (χ2v) is 4.44. The Morgan fingerprint density at radius 3 is 2.71 bits per heavy atom. The molecule has 1 heterocycles. The van der Waals surface area contributed by atoms with Crippen LogP contribution >= 0.6 is 15.9 Å². The van der Waals surface area contributed by atoms with Gasteiger partial charge in [0.2, 0.25) is 0 Å². The summed E-state index contributed by atoms with van der Waals surface area (Å²) in [5.74, 6) is -0.947. The molecule has 0 saturated heterocycles. The molecule has 0 saturated carbocycles. The summed E-state index contributed by atoms with van der Waals surface area (Å²) in [6.07, 6.45) is 0. The summed E-state index contributed by atoms with van der Waals surface area (Å²) in [6, 6.07) is 4.98. The molecule has 88 valence electrons. The summed E-state index contributed by atoms with van der Waals surface area (Å²) < 4.78 is 2.21. The molecule has 17 heavy (non-hydrogen) atoms. The van der Waals surface area contributed by atoms with Gasteiger partial charge in [0.15, 0.2) is 4.60 Å². The highest BCUT2D eigenvalue weighted by molar-refractivity contribution is 9.10. The van der Waals surface area contributed by atoms with Crippen LogP contribution in [0.2, 0.25) is 0 Å². The van der Waals surface area contributed by atoms with Gasteiger partial charge in [-0.3, -0.25) is 0 Å². The van der Waals surface area contributed by atoms with Gasteiger partial charge in [0.1, 0.15) is 5.69 Å². The van der Waals surface area contributed by atoms with Crippen molar-refractivity contribution < 1.29 is 9.90 Å². The molecule has 0 amide bonds. The van der Waals surface area contributed by atoms with Crippen LogP contribution in [0.4, 0.5) is 0 Å². The monoisotopic (exact) mass is 295 g/mol. The number of nitrogens with zero attached hydrogens (tertiary/aromatic N) is 3.